The monoisotopic (exact) mass is 376 g/mol. The predicted octanol–water partition coefficient (Wildman–Crippen LogP) is 5.26. The zero-order chi connectivity index (χ0) is 14.0. The van der Waals surface area contributed by atoms with Gasteiger partial charge in [0.25, 0.3) is 0 Å². The maximum absolute atomic E-state index is 6.02. The Morgan fingerprint density at radius 2 is 1.42 bits per heavy atom. The summed E-state index contributed by atoms with van der Waals surface area (Å²) in [5.41, 5.74) is 0. The van der Waals surface area contributed by atoms with Crippen LogP contribution in [0.25, 0.3) is 0 Å². The number of ether oxygens (including phenoxy) is 2. The van der Waals surface area contributed by atoms with Gasteiger partial charge < -0.3 is 0 Å². The van der Waals surface area contributed by atoms with Gasteiger partial charge in [-0.25, -0.2) is 0 Å². The van der Waals surface area contributed by atoms with Crippen molar-refractivity contribution in [3.05, 3.63) is 12.5 Å². The summed E-state index contributed by atoms with van der Waals surface area (Å²) in [4.78, 5) is 0. The van der Waals surface area contributed by atoms with Gasteiger partial charge in [-0.1, -0.05) is 0 Å². The predicted molar refractivity (Wildman–Crippen MR) is 84.9 cm³/mol. The average molecular weight is 375 g/mol. The fourth-order valence-electron chi connectivity index (χ4n) is 3.11. The molecule has 0 aromatic carbocycles. The van der Waals surface area contributed by atoms with Gasteiger partial charge in [0.15, 0.2) is 0 Å². The van der Waals surface area contributed by atoms with Crippen LogP contribution in [0.4, 0.5) is 0 Å². The SMILES string of the molecule is CCC[CH2][Sn]([CH2]CCC)([CH2]CCC)[CH]1COC=CO1. The molecule has 0 fully saturated rings. The van der Waals surface area contributed by atoms with E-state index in [1.807, 2.05) is 0 Å². The van der Waals surface area contributed by atoms with Gasteiger partial charge in [-0.15, -0.1) is 0 Å². The van der Waals surface area contributed by atoms with Crippen LogP contribution in [0.3, 0.4) is 0 Å². The molecule has 1 aliphatic heterocycles. The normalized spacial score (nSPS) is 19.0. The molecule has 1 unspecified atom stereocenters. The van der Waals surface area contributed by atoms with E-state index >= 15 is 0 Å². The van der Waals surface area contributed by atoms with Gasteiger partial charge in [-0.3, -0.25) is 0 Å². The Morgan fingerprint density at radius 1 is 0.895 bits per heavy atom. The van der Waals surface area contributed by atoms with Gasteiger partial charge in [0, 0.05) is 0 Å². The van der Waals surface area contributed by atoms with E-state index in [4.69, 9.17) is 9.47 Å². The van der Waals surface area contributed by atoms with E-state index < -0.39 is 18.4 Å². The molecule has 0 bridgehead atoms. The Hall–Kier alpha value is 0.139. The quantitative estimate of drug-likeness (QED) is 0.485. The second-order valence-corrected chi connectivity index (χ2v) is 19.8. The van der Waals surface area contributed by atoms with Gasteiger partial charge >= 0.3 is 124 Å². The second kappa shape index (κ2) is 9.95. The Morgan fingerprint density at radius 3 is 1.79 bits per heavy atom. The van der Waals surface area contributed by atoms with Crippen LogP contribution in [-0.2, 0) is 9.47 Å². The van der Waals surface area contributed by atoms with Crippen molar-refractivity contribution in [1.82, 2.24) is 0 Å². The summed E-state index contributed by atoms with van der Waals surface area (Å²) >= 11 is -2.22. The summed E-state index contributed by atoms with van der Waals surface area (Å²) < 4.78 is 16.5. The Labute approximate surface area is 123 Å². The molecule has 0 spiro atoms. The number of hydrogen-bond acceptors (Lipinski definition) is 2. The molecule has 0 saturated heterocycles. The molecule has 0 saturated carbocycles. The molecule has 0 aliphatic carbocycles. The van der Waals surface area contributed by atoms with Crippen molar-refractivity contribution < 1.29 is 9.47 Å². The van der Waals surface area contributed by atoms with E-state index in [2.05, 4.69) is 20.8 Å². The molecule has 0 radical (unpaired) electrons. The molecule has 112 valence electrons. The standard InChI is InChI=1S/C4H5O2.3C4H9.Sn/c1-2-6-4-3-5-1;3*1-3-4-2;/h1-3H,4H2;3*1,3-4H2,2H3;. The van der Waals surface area contributed by atoms with Crippen LogP contribution < -0.4 is 0 Å². The van der Waals surface area contributed by atoms with Crippen LogP contribution in [0, 0.1) is 0 Å². The Bertz CT molecular complexity index is 231. The molecule has 2 nitrogen and oxygen atoms in total. The fourth-order valence-corrected chi connectivity index (χ4v) is 19.4. The van der Waals surface area contributed by atoms with E-state index in [1.165, 1.54) is 51.8 Å². The molecule has 1 atom stereocenters. The van der Waals surface area contributed by atoms with E-state index in [-0.39, 0.29) is 0 Å². The van der Waals surface area contributed by atoms with Crippen molar-refractivity contribution in [3.8, 4) is 0 Å². The Kier molecular flexibility index (Phi) is 9.00. The summed E-state index contributed by atoms with van der Waals surface area (Å²) in [6.07, 6.45) is 11.7. The molecule has 0 N–H and O–H groups in total. The first kappa shape index (κ1) is 17.2. The molecule has 0 aromatic heterocycles. The fraction of sp³-hybridized carbons (Fsp3) is 0.875. The van der Waals surface area contributed by atoms with E-state index in [1.54, 1.807) is 12.5 Å². The van der Waals surface area contributed by atoms with Crippen molar-refractivity contribution in [2.45, 2.75) is 76.7 Å². The first-order chi connectivity index (χ1) is 9.29. The first-order valence-electron chi connectivity index (χ1n) is 8.21. The number of unbranched alkanes of at least 4 members (excludes halogenated alkanes) is 3. The van der Waals surface area contributed by atoms with Crippen molar-refractivity contribution in [1.29, 1.82) is 0 Å². The molecule has 19 heavy (non-hydrogen) atoms. The summed E-state index contributed by atoms with van der Waals surface area (Å²) in [6, 6.07) is 0. The second-order valence-electron chi connectivity index (χ2n) is 5.90. The summed E-state index contributed by atoms with van der Waals surface area (Å²) in [7, 11) is 0. The van der Waals surface area contributed by atoms with Crippen molar-refractivity contribution in [3.63, 3.8) is 0 Å². The number of rotatable bonds is 10. The van der Waals surface area contributed by atoms with E-state index in [0.717, 1.165) is 6.61 Å². The third-order valence-electron chi connectivity index (χ3n) is 4.41. The first-order valence-corrected chi connectivity index (χ1v) is 15.9. The van der Waals surface area contributed by atoms with Crippen molar-refractivity contribution in [2.75, 3.05) is 6.61 Å². The molecule has 1 heterocycles. The minimum atomic E-state index is -2.22. The molecule has 0 amide bonds. The molecular weight excluding hydrogens is 343 g/mol. The molecule has 1 rings (SSSR count). The van der Waals surface area contributed by atoms with Crippen molar-refractivity contribution in [2.24, 2.45) is 0 Å². The summed E-state index contributed by atoms with van der Waals surface area (Å²) in [6.45, 7) is 7.76. The van der Waals surface area contributed by atoms with Crippen LogP contribution in [0.2, 0.25) is 13.3 Å². The topological polar surface area (TPSA) is 18.5 Å². The van der Waals surface area contributed by atoms with Crippen LogP contribution in [0.1, 0.15) is 59.3 Å². The maximum atomic E-state index is 6.02. The summed E-state index contributed by atoms with van der Waals surface area (Å²) in [5, 5.41) is 0. The van der Waals surface area contributed by atoms with Crippen LogP contribution in [-0.4, -0.2) is 29.1 Å². The molecule has 0 aromatic rings. The van der Waals surface area contributed by atoms with E-state index in [9.17, 15) is 0 Å². The molecular formula is C16H32O2Sn. The van der Waals surface area contributed by atoms with Gasteiger partial charge in [0.2, 0.25) is 0 Å². The Balaban J connectivity index is 2.76. The van der Waals surface area contributed by atoms with Gasteiger partial charge in [0.05, 0.1) is 0 Å². The van der Waals surface area contributed by atoms with Crippen LogP contribution in [0.15, 0.2) is 12.5 Å². The van der Waals surface area contributed by atoms with Gasteiger partial charge in [-0.05, 0) is 0 Å². The number of hydrogen-bond donors (Lipinski definition) is 0. The molecule has 1 aliphatic rings. The third-order valence-corrected chi connectivity index (χ3v) is 20.7. The summed E-state index contributed by atoms with van der Waals surface area (Å²) in [5.74, 6) is 0. The molecule has 3 heteroatoms. The van der Waals surface area contributed by atoms with Gasteiger partial charge in [-0.2, -0.15) is 0 Å². The minimum absolute atomic E-state index is 0.462. The van der Waals surface area contributed by atoms with Gasteiger partial charge in [0.1, 0.15) is 0 Å². The van der Waals surface area contributed by atoms with Crippen LogP contribution in [0.5, 0.6) is 0 Å². The zero-order valence-electron chi connectivity index (χ0n) is 13.1. The van der Waals surface area contributed by atoms with Crippen molar-refractivity contribution >= 4 is 18.4 Å². The zero-order valence-corrected chi connectivity index (χ0v) is 16.0. The van der Waals surface area contributed by atoms with Crippen LogP contribution >= 0.6 is 0 Å². The van der Waals surface area contributed by atoms with E-state index in [0.29, 0.717) is 4.12 Å². The average Bonchev–Trinajstić information content (AvgIpc) is 2.48. The third kappa shape index (κ3) is 5.56.